The Kier molecular flexibility index (Phi) is 5.91. The summed E-state index contributed by atoms with van der Waals surface area (Å²) in [6, 6.07) is 1.92. The monoisotopic (exact) mass is 326 g/mol. The van der Waals surface area contributed by atoms with Gasteiger partial charge in [-0.05, 0) is 25.0 Å². The molecule has 1 rings (SSSR count). The predicted molar refractivity (Wildman–Crippen MR) is 71.6 cm³/mol. The molecule has 0 spiro atoms. The number of allylic oxidation sites excluding steroid dienone is 1. The lowest BCUT2D eigenvalue weighted by Crippen LogP contribution is -2.19. The van der Waals surface area contributed by atoms with E-state index in [4.69, 9.17) is 4.74 Å². The van der Waals surface area contributed by atoms with Gasteiger partial charge in [0.1, 0.15) is 11.3 Å². The molecule has 0 aliphatic heterocycles. The van der Waals surface area contributed by atoms with E-state index in [0.717, 1.165) is 18.2 Å². The van der Waals surface area contributed by atoms with Gasteiger partial charge in [-0.1, -0.05) is 31.6 Å². The van der Waals surface area contributed by atoms with Crippen molar-refractivity contribution in [2.75, 3.05) is 6.61 Å². The second kappa shape index (κ2) is 7.07. The van der Waals surface area contributed by atoms with Crippen molar-refractivity contribution in [1.29, 1.82) is 0 Å². The Morgan fingerprint density at radius 1 is 0.955 bits per heavy atom. The zero-order valence-electron chi connectivity index (χ0n) is 12.1. The van der Waals surface area contributed by atoms with Crippen LogP contribution in [0.2, 0.25) is 0 Å². The van der Waals surface area contributed by atoms with Crippen molar-refractivity contribution in [1.82, 2.24) is 0 Å². The third-order valence-electron chi connectivity index (χ3n) is 2.82. The molecule has 0 bridgehead atoms. The van der Waals surface area contributed by atoms with Crippen LogP contribution < -0.4 is 4.74 Å². The molecule has 0 aromatic heterocycles. The lowest BCUT2D eigenvalue weighted by atomic mass is 9.98. The van der Waals surface area contributed by atoms with Crippen LogP contribution in [0.1, 0.15) is 43.4 Å². The molecule has 22 heavy (non-hydrogen) atoms. The van der Waals surface area contributed by atoms with Crippen molar-refractivity contribution in [3.8, 4) is 5.75 Å². The van der Waals surface area contributed by atoms with Crippen molar-refractivity contribution < 1.29 is 31.1 Å². The van der Waals surface area contributed by atoms with Crippen LogP contribution in [0.4, 0.5) is 26.3 Å². The SMILES string of the molecule is CCC/C=C/c1ccc(OCC)c(C(F)(F)F)c1C(F)(F)F. The summed E-state index contributed by atoms with van der Waals surface area (Å²) >= 11 is 0. The first-order chi connectivity index (χ1) is 10.1. The molecule has 1 aromatic rings. The van der Waals surface area contributed by atoms with Crippen molar-refractivity contribution in [2.45, 2.75) is 39.0 Å². The molecule has 0 aliphatic carbocycles. The Morgan fingerprint density at radius 3 is 2.00 bits per heavy atom. The topological polar surface area (TPSA) is 9.23 Å². The highest BCUT2D eigenvalue weighted by molar-refractivity contribution is 5.61. The lowest BCUT2D eigenvalue weighted by molar-refractivity contribution is -0.163. The smallest absolute Gasteiger partial charge is 0.420 e. The zero-order valence-corrected chi connectivity index (χ0v) is 12.1. The molecule has 0 amide bonds. The highest BCUT2D eigenvalue weighted by Crippen LogP contribution is 2.46. The van der Waals surface area contributed by atoms with Crippen LogP contribution in [-0.4, -0.2) is 6.61 Å². The second-order valence-corrected chi connectivity index (χ2v) is 4.52. The normalized spacial score (nSPS) is 12.9. The molecule has 0 N–H and O–H groups in total. The Morgan fingerprint density at radius 2 is 1.55 bits per heavy atom. The van der Waals surface area contributed by atoms with Gasteiger partial charge in [0.15, 0.2) is 0 Å². The van der Waals surface area contributed by atoms with Gasteiger partial charge in [-0.2, -0.15) is 26.3 Å². The zero-order chi connectivity index (χ0) is 17.0. The second-order valence-electron chi connectivity index (χ2n) is 4.52. The van der Waals surface area contributed by atoms with Crippen LogP contribution in [0, 0.1) is 0 Å². The third kappa shape index (κ3) is 4.42. The van der Waals surface area contributed by atoms with Crippen LogP contribution in [0.5, 0.6) is 5.75 Å². The molecular weight excluding hydrogens is 310 g/mol. The van der Waals surface area contributed by atoms with Gasteiger partial charge in [0.05, 0.1) is 12.2 Å². The molecule has 1 aromatic carbocycles. The number of alkyl halides is 6. The van der Waals surface area contributed by atoms with Gasteiger partial charge in [0.2, 0.25) is 0 Å². The summed E-state index contributed by atoms with van der Waals surface area (Å²) in [6.45, 7) is 3.06. The summed E-state index contributed by atoms with van der Waals surface area (Å²) in [5, 5.41) is 0. The van der Waals surface area contributed by atoms with Crippen LogP contribution in [0.25, 0.3) is 6.08 Å². The van der Waals surface area contributed by atoms with Gasteiger partial charge < -0.3 is 4.74 Å². The van der Waals surface area contributed by atoms with Crippen molar-refractivity contribution >= 4 is 6.08 Å². The van der Waals surface area contributed by atoms with Crippen molar-refractivity contribution in [3.05, 3.63) is 34.9 Å². The molecule has 0 aliphatic rings. The van der Waals surface area contributed by atoms with E-state index in [0.29, 0.717) is 12.8 Å². The van der Waals surface area contributed by atoms with E-state index in [2.05, 4.69) is 0 Å². The molecule has 7 heteroatoms. The Hall–Kier alpha value is -1.66. The van der Waals surface area contributed by atoms with E-state index in [9.17, 15) is 26.3 Å². The minimum atomic E-state index is -5.16. The van der Waals surface area contributed by atoms with E-state index in [1.54, 1.807) is 0 Å². The molecule has 0 saturated heterocycles. The Bertz CT molecular complexity index is 528. The maximum absolute atomic E-state index is 13.2. The fourth-order valence-electron chi connectivity index (χ4n) is 1.98. The summed E-state index contributed by atoms with van der Waals surface area (Å²) in [5.41, 5.74) is -4.00. The van der Waals surface area contributed by atoms with Gasteiger partial charge >= 0.3 is 12.4 Å². The summed E-state index contributed by atoms with van der Waals surface area (Å²) in [5.74, 6) is -0.810. The van der Waals surface area contributed by atoms with Crippen LogP contribution in [0.3, 0.4) is 0 Å². The molecule has 124 valence electrons. The molecule has 0 atom stereocenters. The van der Waals surface area contributed by atoms with E-state index >= 15 is 0 Å². The van der Waals surface area contributed by atoms with Crippen LogP contribution in [-0.2, 0) is 12.4 Å². The molecule has 1 nitrogen and oxygen atoms in total. The molecule has 0 unspecified atom stereocenters. The molecule has 0 fully saturated rings. The van der Waals surface area contributed by atoms with Gasteiger partial charge in [0, 0.05) is 0 Å². The Labute approximate surface area is 124 Å². The van der Waals surface area contributed by atoms with E-state index in [1.807, 2.05) is 6.92 Å². The highest BCUT2D eigenvalue weighted by Gasteiger charge is 2.47. The molecule has 0 saturated carbocycles. The molecular formula is C15H16F6O. The third-order valence-corrected chi connectivity index (χ3v) is 2.82. The summed E-state index contributed by atoms with van der Waals surface area (Å²) in [4.78, 5) is 0. The quantitative estimate of drug-likeness (QED) is 0.609. The van der Waals surface area contributed by atoms with Crippen LogP contribution in [0.15, 0.2) is 18.2 Å². The average Bonchev–Trinajstić information content (AvgIpc) is 2.37. The van der Waals surface area contributed by atoms with Gasteiger partial charge in [-0.15, -0.1) is 0 Å². The number of hydrogen-bond donors (Lipinski definition) is 0. The van der Waals surface area contributed by atoms with Crippen molar-refractivity contribution in [3.63, 3.8) is 0 Å². The van der Waals surface area contributed by atoms with Crippen LogP contribution >= 0.6 is 0 Å². The maximum Gasteiger partial charge on any atom is 0.420 e. The van der Waals surface area contributed by atoms with Crippen molar-refractivity contribution in [2.24, 2.45) is 0 Å². The fraction of sp³-hybridized carbons (Fsp3) is 0.467. The van der Waals surface area contributed by atoms with Gasteiger partial charge in [-0.3, -0.25) is 0 Å². The van der Waals surface area contributed by atoms with Gasteiger partial charge in [0.25, 0.3) is 0 Å². The number of unbranched alkanes of at least 4 members (excludes halogenated alkanes) is 1. The summed E-state index contributed by atoms with van der Waals surface area (Å²) < 4.78 is 83.7. The first-order valence-electron chi connectivity index (χ1n) is 6.73. The number of rotatable bonds is 5. The summed E-state index contributed by atoms with van der Waals surface area (Å²) in [7, 11) is 0. The largest absolute Gasteiger partial charge is 0.493 e. The number of hydrogen-bond acceptors (Lipinski definition) is 1. The fourth-order valence-corrected chi connectivity index (χ4v) is 1.98. The average molecular weight is 326 g/mol. The number of benzene rings is 1. The number of halogens is 6. The minimum absolute atomic E-state index is 0.161. The predicted octanol–water partition coefficient (Wildman–Crippen LogP) is 5.94. The Balaban J connectivity index is 3.61. The van der Waals surface area contributed by atoms with E-state index in [-0.39, 0.29) is 6.61 Å². The summed E-state index contributed by atoms with van der Waals surface area (Å²) in [6.07, 6.45) is -6.65. The first-order valence-corrected chi connectivity index (χ1v) is 6.73. The van der Waals surface area contributed by atoms with E-state index in [1.165, 1.54) is 13.0 Å². The van der Waals surface area contributed by atoms with Gasteiger partial charge in [-0.25, -0.2) is 0 Å². The standard InChI is InChI=1S/C15H16F6O/c1-3-5-6-7-10-8-9-11(22-4-2)13(15(19,20)21)12(10)14(16,17)18/h6-9H,3-5H2,1-2H3/b7-6+. The first kappa shape index (κ1) is 18.4. The molecule has 0 radical (unpaired) electrons. The molecule has 0 heterocycles. The lowest BCUT2D eigenvalue weighted by Gasteiger charge is -2.21. The minimum Gasteiger partial charge on any atom is -0.493 e. The maximum atomic E-state index is 13.2. The van der Waals surface area contributed by atoms with E-state index < -0.39 is 34.8 Å². The number of ether oxygens (including phenoxy) is 1. The highest BCUT2D eigenvalue weighted by atomic mass is 19.4.